The summed E-state index contributed by atoms with van der Waals surface area (Å²) in [4.78, 5) is 19.4. The first-order valence-electron chi connectivity index (χ1n) is 3.41. The third-order valence-corrected chi connectivity index (χ3v) is 0.657. The Morgan fingerprint density at radius 1 is 1.62 bits per heavy atom. The Hall–Kier alpha value is -1.83. The van der Waals surface area contributed by atoms with E-state index in [4.69, 9.17) is 15.2 Å². The molecule has 0 rings (SSSR count). The van der Waals surface area contributed by atoms with Gasteiger partial charge in [-0.05, 0) is 6.92 Å². The van der Waals surface area contributed by atoms with Crippen LogP contribution >= 0.6 is 0 Å². The van der Waals surface area contributed by atoms with Crippen molar-refractivity contribution in [3.05, 3.63) is 12.2 Å². The second kappa shape index (κ2) is 8.27. The van der Waals surface area contributed by atoms with Gasteiger partial charge in [0.05, 0.1) is 6.61 Å². The molecule has 0 atom stereocenters. The second-order valence-electron chi connectivity index (χ2n) is 1.83. The number of carbonyl (C=O) groups is 2. The third-order valence-electron chi connectivity index (χ3n) is 0.657. The van der Waals surface area contributed by atoms with Crippen molar-refractivity contribution < 1.29 is 19.4 Å². The topological polar surface area (TPSA) is 87.4 Å². The standard InChI is InChI=1S/C6H7NO2.C2H4O2/c1-3-9-6(8)5(2)4-7;1-2(3)4/h2-3H2,1H3;1H3,(H,3,4). The summed E-state index contributed by atoms with van der Waals surface area (Å²) in [5.74, 6) is -1.47. The lowest BCUT2D eigenvalue weighted by molar-refractivity contribution is -0.138. The minimum absolute atomic E-state index is 0.156. The number of carbonyl (C=O) groups excluding carboxylic acids is 1. The van der Waals surface area contributed by atoms with Gasteiger partial charge in [-0.25, -0.2) is 4.79 Å². The highest BCUT2D eigenvalue weighted by Crippen LogP contribution is 1.90. The highest BCUT2D eigenvalue weighted by atomic mass is 16.5. The van der Waals surface area contributed by atoms with E-state index in [2.05, 4.69) is 11.3 Å². The van der Waals surface area contributed by atoms with Crippen LogP contribution in [-0.2, 0) is 14.3 Å². The molecule has 72 valence electrons. The summed E-state index contributed by atoms with van der Waals surface area (Å²) in [7, 11) is 0. The van der Waals surface area contributed by atoms with Crippen molar-refractivity contribution in [3.8, 4) is 6.07 Å². The highest BCUT2D eigenvalue weighted by Gasteiger charge is 2.03. The Bertz CT molecular complexity index is 235. The predicted octanol–water partition coefficient (Wildman–Crippen LogP) is 0.720. The summed E-state index contributed by atoms with van der Waals surface area (Å²) >= 11 is 0. The van der Waals surface area contributed by atoms with Gasteiger partial charge in [-0.1, -0.05) is 6.58 Å². The summed E-state index contributed by atoms with van der Waals surface area (Å²) in [5, 5.41) is 15.5. The van der Waals surface area contributed by atoms with Gasteiger partial charge in [0.15, 0.2) is 0 Å². The maximum atomic E-state index is 10.4. The SMILES string of the molecule is C=C(C#N)C(=O)OCC.CC(=O)O. The van der Waals surface area contributed by atoms with Gasteiger partial charge in [0, 0.05) is 6.92 Å². The zero-order valence-electron chi connectivity index (χ0n) is 7.53. The van der Waals surface area contributed by atoms with Gasteiger partial charge in [0.2, 0.25) is 0 Å². The molecule has 1 N–H and O–H groups in total. The van der Waals surface area contributed by atoms with Crippen LogP contribution < -0.4 is 0 Å². The number of hydrogen-bond donors (Lipinski definition) is 1. The van der Waals surface area contributed by atoms with Crippen LogP contribution in [0.5, 0.6) is 0 Å². The number of nitriles is 1. The van der Waals surface area contributed by atoms with Crippen LogP contribution in [0.4, 0.5) is 0 Å². The van der Waals surface area contributed by atoms with E-state index < -0.39 is 11.9 Å². The molecule has 0 radical (unpaired) electrons. The van der Waals surface area contributed by atoms with Crippen LogP contribution in [0.25, 0.3) is 0 Å². The normalized spacial score (nSPS) is 7.15. The van der Waals surface area contributed by atoms with Gasteiger partial charge < -0.3 is 9.84 Å². The summed E-state index contributed by atoms with van der Waals surface area (Å²) < 4.78 is 4.43. The van der Waals surface area contributed by atoms with E-state index in [-0.39, 0.29) is 12.2 Å². The molecule has 0 fully saturated rings. The van der Waals surface area contributed by atoms with E-state index in [1.807, 2.05) is 0 Å². The van der Waals surface area contributed by atoms with Crippen molar-refractivity contribution in [2.75, 3.05) is 6.61 Å². The fourth-order valence-electron chi connectivity index (χ4n) is 0.264. The lowest BCUT2D eigenvalue weighted by Gasteiger charge is -1.95. The number of esters is 1. The molecule has 0 heterocycles. The monoisotopic (exact) mass is 185 g/mol. The molecule has 0 aliphatic heterocycles. The van der Waals surface area contributed by atoms with E-state index in [9.17, 15) is 4.79 Å². The molecule has 0 aliphatic rings. The zero-order valence-corrected chi connectivity index (χ0v) is 7.53. The summed E-state index contributed by atoms with van der Waals surface area (Å²) in [6.07, 6.45) is 0. The molecular weight excluding hydrogens is 174 g/mol. The van der Waals surface area contributed by atoms with Gasteiger partial charge >= 0.3 is 5.97 Å². The van der Waals surface area contributed by atoms with Gasteiger partial charge in [-0.15, -0.1) is 0 Å². The first-order valence-corrected chi connectivity index (χ1v) is 3.41. The lowest BCUT2D eigenvalue weighted by atomic mass is 10.3. The van der Waals surface area contributed by atoms with Gasteiger partial charge in [-0.3, -0.25) is 4.79 Å². The molecule has 13 heavy (non-hydrogen) atoms. The number of rotatable bonds is 2. The van der Waals surface area contributed by atoms with Crippen LogP contribution in [-0.4, -0.2) is 23.7 Å². The third kappa shape index (κ3) is 13.2. The molecule has 0 spiro atoms. The minimum Gasteiger partial charge on any atom is -0.481 e. The Kier molecular flexibility index (Phi) is 8.74. The fourth-order valence-corrected chi connectivity index (χ4v) is 0.264. The molecule has 0 bridgehead atoms. The first-order chi connectivity index (χ1) is 5.95. The Balaban J connectivity index is 0. The van der Waals surface area contributed by atoms with Crippen molar-refractivity contribution >= 4 is 11.9 Å². The highest BCUT2D eigenvalue weighted by molar-refractivity contribution is 5.91. The first kappa shape index (κ1) is 13.7. The quantitative estimate of drug-likeness (QED) is 0.389. The number of hydrogen-bond acceptors (Lipinski definition) is 4. The Labute approximate surface area is 76.2 Å². The average Bonchev–Trinajstić information content (AvgIpc) is 2.02. The molecule has 0 saturated heterocycles. The van der Waals surface area contributed by atoms with Crippen LogP contribution in [0.15, 0.2) is 12.2 Å². The van der Waals surface area contributed by atoms with Crippen molar-refractivity contribution in [3.63, 3.8) is 0 Å². The van der Waals surface area contributed by atoms with Crippen molar-refractivity contribution in [2.24, 2.45) is 0 Å². The fraction of sp³-hybridized carbons (Fsp3) is 0.375. The van der Waals surface area contributed by atoms with Crippen molar-refractivity contribution in [2.45, 2.75) is 13.8 Å². The lowest BCUT2D eigenvalue weighted by Crippen LogP contribution is -2.04. The molecule has 0 amide bonds. The Morgan fingerprint density at radius 3 is 2.23 bits per heavy atom. The molecule has 0 aromatic heterocycles. The number of carboxylic acid groups (broad SMARTS) is 1. The molecule has 0 saturated carbocycles. The van der Waals surface area contributed by atoms with Gasteiger partial charge in [-0.2, -0.15) is 5.26 Å². The predicted molar refractivity (Wildman–Crippen MR) is 44.7 cm³/mol. The van der Waals surface area contributed by atoms with Crippen LogP contribution in [0, 0.1) is 11.3 Å². The van der Waals surface area contributed by atoms with E-state index >= 15 is 0 Å². The summed E-state index contributed by atoms with van der Waals surface area (Å²) in [5.41, 5.74) is -0.156. The van der Waals surface area contributed by atoms with Crippen LogP contribution in [0.2, 0.25) is 0 Å². The molecule has 0 aliphatic carbocycles. The second-order valence-corrected chi connectivity index (χ2v) is 1.83. The maximum Gasteiger partial charge on any atom is 0.348 e. The zero-order chi connectivity index (χ0) is 10.9. The number of nitrogens with zero attached hydrogens (tertiary/aromatic N) is 1. The smallest absolute Gasteiger partial charge is 0.348 e. The maximum absolute atomic E-state index is 10.4. The average molecular weight is 185 g/mol. The molecule has 0 aromatic carbocycles. The van der Waals surface area contributed by atoms with E-state index in [1.54, 1.807) is 13.0 Å². The van der Waals surface area contributed by atoms with E-state index in [0.29, 0.717) is 0 Å². The molecule has 0 unspecified atom stereocenters. The minimum atomic E-state index is -0.833. The molecule has 5 nitrogen and oxygen atoms in total. The molecule has 0 aromatic rings. The van der Waals surface area contributed by atoms with E-state index in [0.717, 1.165) is 6.92 Å². The summed E-state index contributed by atoms with van der Waals surface area (Å²) in [6.45, 7) is 6.19. The summed E-state index contributed by atoms with van der Waals surface area (Å²) in [6, 6.07) is 1.58. The molecular formula is C8H11NO4. The van der Waals surface area contributed by atoms with Crippen LogP contribution in [0.3, 0.4) is 0 Å². The number of ether oxygens (including phenoxy) is 1. The van der Waals surface area contributed by atoms with E-state index in [1.165, 1.54) is 0 Å². The van der Waals surface area contributed by atoms with Crippen molar-refractivity contribution in [1.82, 2.24) is 0 Å². The Morgan fingerprint density at radius 2 is 2.00 bits per heavy atom. The van der Waals surface area contributed by atoms with Gasteiger partial charge in [0.1, 0.15) is 11.6 Å². The van der Waals surface area contributed by atoms with Crippen molar-refractivity contribution in [1.29, 1.82) is 5.26 Å². The van der Waals surface area contributed by atoms with Gasteiger partial charge in [0.25, 0.3) is 5.97 Å². The number of carboxylic acids is 1. The van der Waals surface area contributed by atoms with Crippen LogP contribution in [0.1, 0.15) is 13.8 Å². The largest absolute Gasteiger partial charge is 0.481 e. The molecule has 5 heteroatoms. The number of aliphatic carboxylic acids is 1.